The Kier molecular flexibility index (Phi) is 150. The van der Waals surface area contributed by atoms with Gasteiger partial charge in [0.1, 0.15) is 21.9 Å². The second-order valence-electron chi connectivity index (χ2n) is 27.2. The molecule has 0 radical (unpaired) electrons. The van der Waals surface area contributed by atoms with Crippen LogP contribution in [0, 0.1) is 17.3 Å². The zero-order valence-corrected chi connectivity index (χ0v) is 86.5. The molecular weight excluding hydrogens is 1450 g/mol. The van der Waals surface area contributed by atoms with Crippen LogP contribution in [0.4, 0.5) is 0 Å². The van der Waals surface area contributed by atoms with Crippen molar-refractivity contribution in [1.82, 2.24) is 25.3 Å². The summed E-state index contributed by atoms with van der Waals surface area (Å²) >= 11 is 2.52. The topological polar surface area (TPSA) is 128 Å². The summed E-state index contributed by atoms with van der Waals surface area (Å²) in [5.41, 5.74) is 5.57. The minimum atomic E-state index is -2.74. The van der Waals surface area contributed by atoms with Gasteiger partial charge in [0.2, 0.25) is 5.91 Å². The summed E-state index contributed by atoms with van der Waals surface area (Å²) in [6.07, 6.45) is 15.0. The van der Waals surface area contributed by atoms with Gasteiger partial charge in [-0.15, -0.1) is 11.3 Å². The Morgan fingerprint density at radius 2 is 0.818 bits per heavy atom. The number of carbonyl (C=O) groups is 1. The van der Waals surface area contributed by atoms with Gasteiger partial charge in [-0.05, 0) is 133 Å². The van der Waals surface area contributed by atoms with Crippen LogP contribution in [0.5, 0.6) is 0 Å². The quantitative estimate of drug-likeness (QED) is 0.142. The van der Waals surface area contributed by atoms with Gasteiger partial charge in [0, 0.05) is 66.7 Å². The molecule has 1 N–H and O–H groups in total. The van der Waals surface area contributed by atoms with Gasteiger partial charge in [-0.1, -0.05) is 360 Å². The molecule has 6 heterocycles. The predicted molar refractivity (Wildman–Crippen MR) is 517 cm³/mol. The normalized spacial score (nSPS) is 8.86. The molecule has 0 unspecified atom stereocenters. The van der Waals surface area contributed by atoms with Crippen molar-refractivity contribution in [2.75, 3.05) is 6.26 Å². The van der Waals surface area contributed by atoms with Crippen LogP contribution in [-0.2, 0) is 14.6 Å². The molecule has 654 valence electrons. The average molecular weight is 1650 g/mol. The Labute approximate surface area is 703 Å². The van der Waals surface area contributed by atoms with E-state index in [9.17, 15) is 13.2 Å². The van der Waals surface area contributed by atoms with E-state index in [4.69, 9.17) is 4.42 Å². The Bertz CT molecular complexity index is 2330. The van der Waals surface area contributed by atoms with Gasteiger partial charge in [0.15, 0.2) is 0 Å². The maximum Gasteiger partial charge on any atom is 0.115 e. The van der Waals surface area contributed by atoms with Crippen LogP contribution in [0.2, 0.25) is 0 Å². The van der Waals surface area contributed by atoms with E-state index in [2.05, 4.69) is 270 Å². The van der Waals surface area contributed by atoms with Gasteiger partial charge < -0.3 is 9.73 Å². The molecule has 0 aliphatic heterocycles. The monoisotopic (exact) mass is 1650 g/mol. The van der Waals surface area contributed by atoms with Crippen LogP contribution in [0.1, 0.15) is 438 Å². The number of furan rings is 1. The Balaban J connectivity index is -0.0000000614. The number of pyridine rings is 2. The van der Waals surface area contributed by atoms with Crippen LogP contribution in [0.3, 0.4) is 0 Å². The predicted octanol–water partition coefficient (Wildman–Crippen LogP) is 34.0. The number of sulfone groups is 1. The second-order valence-corrected chi connectivity index (χ2v) is 32.8. The molecule has 0 aliphatic rings. The fraction of sp³-hybridized carbons (Fsp3) is 0.663. The first-order chi connectivity index (χ1) is 51.6. The Hall–Kier alpha value is -5.00. The van der Waals surface area contributed by atoms with Crippen LogP contribution < -0.4 is 5.32 Å². The van der Waals surface area contributed by atoms with Crippen LogP contribution >= 0.6 is 11.3 Å². The third-order valence-electron chi connectivity index (χ3n) is 10.0. The number of amides is 1. The molecule has 0 aliphatic carbocycles. The first kappa shape index (κ1) is 143. The molecule has 0 atom stereocenters. The van der Waals surface area contributed by atoms with Gasteiger partial charge >= 0.3 is 55.8 Å². The molecular formula is C98H195N5O4S2Se. The van der Waals surface area contributed by atoms with Crippen molar-refractivity contribution in [3.05, 3.63) is 188 Å². The molecule has 110 heavy (non-hydrogen) atoms. The van der Waals surface area contributed by atoms with E-state index < -0.39 is 9.84 Å². The van der Waals surface area contributed by atoms with Gasteiger partial charge in [-0.3, -0.25) is 14.8 Å². The SMILES string of the molecule is CC.CC.CC.CC.CC.CC.CC.CC.CC.CC.CC(=O)NC(C)C.CC(C)(C)C.CC(C)C.CC(C)C.CC(C)S(C)(=O)=O.CC(C)c1ccc[se]1.CC(C)c1ccccc1.CC(C)c1ccccn1.CC(C)c1cccnc1.CC(C)c1ccco1.CC(C)c1cccs1.CC(C)c1cncnc1.CCC. The summed E-state index contributed by atoms with van der Waals surface area (Å²) in [5, 5.41) is 4.56. The van der Waals surface area contributed by atoms with Crippen LogP contribution in [0.15, 0.2) is 155 Å². The smallest absolute Gasteiger partial charge is 0.115 e. The fourth-order valence-corrected chi connectivity index (χ4v) is 7.45. The summed E-state index contributed by atoms with van der Waals surface area (Å²) in [6.45, 7) is 105. The first-order valence-electron chi connectivity index (χ1n) is 42.7. The number of nitrogens with one attached hydrogen (secondary N) is 1. The number of thiophene rings is 1. The van der Waals surface area contributed by atoms with Gasteiger partial charge in [-0.2, -0.15) is 0 Å². The van der Waals surface area contributed by atoms with Gasteiger partial charge in [-0.25, -0.2) is 18.4 Å². The zero-order chi connectivity index (χ0) is 91.0. The van der Waals surface area contributed by atoms with Crippen LogP contribution in [0.25, 0.3) is 0 Å². The molecule has 6 aromatic heterocycles. The summed E-state index contributed by atoms with van der Waals surface area (Å²) in [4.78, 5) is 29.9. The number of hydrogen-bond donors (Lipinski definition) is 1. The average Bonchev–Trinajstić information content (AvgIpc) is 1.54. The molecule has 9 nitrogen and oxygen atoms in total. The van der Waals surface area contributed by atoms with E-state index >= 15 is 0 Å². The third-order valence-corrected chi connectivity index (χ3v) is 15.4. The Morgan fingerprint density at radius 1 is 0.445 bits per heavy atom. The van der Waals surface area contributed by atoms with Crippen molar-refractivity contribution in [3.8, 4) is 0 Å². The minimum absolute atomic E-state index is 0.0370. The zero-order valence-electron chi connectivity index (χ0n) is 83.1. The van der Waals surface area contributed by atoms with E-state index in [1.807, 2.05) is 231 Å². The number of hydrogen-bond acceptors (Lipinski definition) is 9. The molecule has 0 fully saturated rings. The largest absolute Gasteiger partial charge is 0.469 e. The van der Waals surface area contributed by atoms with Crippen LogP contribution in [-0.4, -0.2) is 66.3 Å². The molecule has 12 heteroatoms. The second kappa shape index (κ2) is 115. The van der Waals surface area contributed by atoms with Crippen molar-refractivity contribution in [2.24, 2.45) is 17.3 Å². The van der Waals surface area contributed by atoms with E-state index in [0.717, 1.165) is 29.2 Å². The van der Waals surface area contributed by atoms with E-state index in [1.165, 1.54) is 41.2 Å². The van der Waals surface area contributed by atoms with Crippen molar-refractivity contribution in [1.29, 1.82) is 0 Å². The van der Waals surface area contributed by atoms with Crippen molar-refractivity contribution in [3.63, 3.8) is 0 Å². The molecule has 0 saturated carbocycles. The maximum atomic E-state index is 10.3. The number of nitrogens with zero attached hydrogens (tertiary/aromatic N) is 4. The molecule has 0 spiro atoms. The number of carbonyl (C=O) groups excluding carboxylic acids is 1. The molecule has 0 bridgehead atoms. The number of benzene rings is 1. The van der Waals surface area contributed by atoms with E-state index in [0.29, 0.717) is 55.4 Å². The Morgan fingerprint density at radius 3 is 0.982 bits per heavy atom. The standard InChI is InChI=1S/C9H12.2C8H11N.C7H10N2.C7H10O.C7H10S.C7H10Se.C5H11NO.C5H12.C4H10O2S.2C4H10.C3H8.10C2H6/c1-8(2)9-6-4-3-5-7-9;1-7(2)8-4-3-5-9-6-8;1-7(2)8-5-3-4-6-9-8;1-6(2)7-3-8-5-9-4-7;3*1-6(2)7-4-3-5-8-7;1-4(2)6-5(3)7;1-5(2,3)4;1-4(2)7(3,5)6;2*1-4(2)3;1-3-2;10*1-2/h3-8H,1-2H3;2*3-7H,1-2H3;3-6H,1-2H3;3*3-6H,1-2H3;4H,1-3H3,(H,6,7);1-4H3;4H,1-3H3;2*4H,1-3H3;3H2,1-2H3;10*1-2H3. The van der Waals surface area contributed by atoms with Crippen molar-refractivity contribution in [2.45, 2.75) is 412 Å². The fourth-order valence-electron chi connectivity index (χ4n) is 5.15. The van der Waals surface area contributed by atoms with E-state index in [-0.39, 0.29) is 17.2 Å². The molecule has 7 aromatic rings. The van der Waals surface area contributed by atoms with Crippen molar-refractivity contribution >= 4 is 41.6 Å². The number of aromatic nitrogens is 4. The minimum Gasteiger partial charge on any atom is -0.469 e. The molecule has 0 saturated heterocycles. The van der Waals surface area contributed by atoms with Gasteiger partial charge in [0.25, 0.3) is 0 Å². The molecule has 1 amide bonds. The van der Waals surface area contributed by atoms with Crippen molar-refractivity contribution < 1.29 is 17.6 Å². The summed E-state index contributed by atoms with van der Waals surface area (Å²) in [5.74, 6) is 7.09. The third kappa shape index (κ3) is 145. The summed E-state index contributed by atoms with van der Waals surface area (Å²) in [6, 6.07) is 33.4. The summed E-state index contributed by atoms with van der Waals surface area (Å²) in [7, 11) is -2.74. The van der Waals surface area contributed by atoms with Gasteiger partial charge in [0.05, 0.1) is 11.5 Å². The van der Waals surface area contributed by atoms with E-state index in [1.54, 1.807) is 37.1 Å². The summed E-state index contributed by atoms with van der Waals surface area (Å²) < 4.78 is 27.4. The first-order valence-corrected chi connectivity index (χ1v) is 47.4. The maximum absolute atomic E-state index is 10.3. The number of rotatable bonds is 9. The molecule has 7 rings (SSSR count). The molecule has 1 aromatic carbocycles.